The molecule has 5 rings (SSSR count). The lowest BCUT2D eigenvalue weighted by Gasteiger charge is -2.27. The van der Waals surface area contributed by atoms with Crippen molar-refractivity contribution in [1.29, 1.82) is 0 Å². The summed E-state index contributed by atoms with van der Waals surface area (Å²) in [4.78, 5) is 18.0. The number of benzene rings is 4. The molecule has 41 heavy (non-hydrogen) atoms. The van der Waals surface area contributed by atoms with Crippen LogP contribution < -0.4 is 14.4 Å². The van der Waals surface area contributed by atoms with Crippen molar-refractivity contribution in [2.24, 2.45) is 0 Å². The molecule has 1 N–H and O–H groups in total. The Morgan fingerprint density at radius 2 is 1.59 bits per heavy atom. The van der Waals surface area contributed by atoms with Crippen LogP contribution in [0.1, 0.15) is 27.3 Å². The van der Waals surface area contributed by atoms with E-state index in [9.17, 15) is 13.2 Å². The molecule has 0 spiro atoms. The van der Waals surface area contributed by atoms with Gasteiger partial charge in [0.15, 0.2) is 0 Å². The number of ether oxygens (including phenoxy) is 1. The Bertz CT molecular complexity index is 1750. The molecule has 208 valence electrons. The minimum absolute atomic E-state index is 0.0439. The Balaban J connectivity index is 1.49. The van der Waals surface area contributed by atoms with Crippen LogP contribution >= 0.6 is 0 Å². The van der Waals surface area contributed by atoms with Crippen molar-refractivity contribution in [3.05, 3.63) is 138 Å². The van der Waals surface area contributed by atoms with Crippen molar-refractivity contribution in [2.75, 3.05) is 11.4 Å². The van der Waals surface area contributed by atoms with Crippen LogP contribution in [0.5, 0.6) is 5.75 Å². The molecule has 0 aliphatic carbocycles. The fourth-order valence-electron chi connectivity index (χ4n) is 4.61. The number of anilines is 1. The molecule has 0 bridgehead atoms. The van der Waals surface area contributed by atoms with E-state index < -0.39 is 10.0 Å². The lowest BCUT2D eigenvalue weighted by Crippen LogP contribution is -2.33. The molecule has 0 aliphatic heterocycles. The number of methoxy groups -OCH3 is 1. The average molecular weight is 567 g/mol. The average Bonchev–Trinajstić information content (AvgIpc) is 3.44. The van der Waals surface area contributed by atoms with Gasteiger partial charge in [0.05, 0.1) is 35.5 Å². The zero-order valence-electron chi connectivity index (χ0n) is 22.8. The molecule has 0 unspecified atom stereocenters. The van der Waals surface area contributed by atoms with Crippen molar-refractivity contribution in [3.63, 3.8) is 0 Å². The van der Waals surface area contributed by atoms with E-state index in [1.807, 2.05) is 72.3 Å². The summed E-state index contributed by atoms with van der Waals surface area (Å²) in [7, 11) is -2.53. The predicted molar refractivity (Wildman–Crippen MR) is 159 cm³/mol. The Labute approximate surface area is 239 Å². The minimum Gasteiger partial charge on any atom is -0.497 e. The molecule has 0 aliphatic rings. The SMILES string of the molecule is COc1ccc(S(=O)(=O)N(Cc2ccccc2)c2ccccc2C(=O)NCc2ccccc2-n2ccnc2C)cc1. The molecule has 1 aromatic heterocycles. The zero-order valence-corrected chi connectivity index (χ0v) is 23.6. The van der Waals surface area contributed by atoms with Gasteiger partial charge < -0.3 is 14.6 Å². The number of carbonyl (C=O) groups is 1. The summed E-state index contributed by atoms with van der Waals surface area (Å²) >= 11 is 0. The maximum atomic E-state index is 14.0. The normalized spacial score (nSPS) is 11.2. The summed E-state index contributed by atoms with van der Waals surface area (Å²) in [5.41, 5.74) is 3.11. The van der Waals surface area contributed by atoms with E-state index in [0.717, 1.165) is 22.6 Å². The van der Waals surface area contributed by atoms with Gasteiger partial charge in [-0.2, -0.15) is 0 Å². The van der Waals surface area contributed by atoms with Gasteiger partial charge in [-0.15, -0.1) is 0 Å². The number of rotatable bonds is 10. The third-order valence-electron chi connectivity index (χ3n) is 6.75. The van der Waals surface area contributed by atoms with E-state index in [-0.39, 0.29) is 35.1 Å². The topological polar surface area (TPSA) is 93.5 Å². The number of amides is 1. The molecule has 0 atom stereocenters. The fraction of sp³-hybridized carbons (Fsp3) is 0.125. The van der Waals surface area contributed by atoms with Crippen LogP contribution in [0.4, 0.5) is 5.69 Å². The first kappa shape index (κ1) is 27.7. The number of aromatic nitrogens is 2. The molecule has 9 heteroatoms. The fourth-order valence-corrected chi connectivity index (χ4v) is 6.08. The molecule has 4 aromatic carbocycles. The molecule has 1 heterocycles. The van der Waals surface area contributed by atoms with Crippen LogP contribution in [0.25, 0.3) is 5.69 Å². The molecule has 8 nitrogen and oxygen atoms in total. The zero-order chi connectivity index (χ0) is 28.8. The summed E-state index contributed by atoms with van der Waals surface area (Å²) < 4.78 is 36.5. The highest BCUT2D eigenvalue weighted by Crippen LogP contribution is 2.30. The highest BCUT2D eigenvalue weighted by atomic mass is 32.2. The first-order chi connectivity index (χ1) is 19.9. The van der Waals surface area contributed by atoms with Gasteiger partial charge in [0.1, 0.15) is 11.6 Å². The first-order valence-corrected chi connectivity index (χ1v) is 14.5. The van der Waals surface area contributed by atoms with Gasteiger partial charge in [-0.05, 0) is 60.5 Å². The number of carbonyl (C=O) groups excluding carboxylic acids is 1. The molecule has 0 saturated heterocycles. The number of hydrogen-bond donors (Lipinski definition) is 1. The second-order valence-corrected chi connectivity index (χ2v) is 11.2. The van der Waals surface area contributed by atoms with Crippen molar-refractivity contribution in [1.82, 2.24) is 14.9 Å². The smallest absolute Gasteiger partial charge is 0.264 e. The maximum absolute atomic E-state index is 14.0. The number of hydrogen-bond acceptors (Lipinski definition) is 5. The summed E-state index contributed by atoms with van der Waals surface area (Å²) in [6.07, 6.45) is 3.60. The molecule has 5 aromatic rings. The van der Waals surface area contributed by atoms with Gasteiger partial charge in [0.25, 0.3) is 15.9 Å². The summed E-state index contributed by atoms with van der Waals surface area (Å²) in [6, 6.07) is 30.0. The van der Waals surface area contributed by atoms with Crippen molar-refractivity contribution < 1.29 is 17.9 Å². The van der Waals surface area contributed by atoms with E-state index in [1.165, 1.54) is 23.5 Å². The quantitative estimate of drug-likeness (QED) is 0.241. The van der Waals surface area contributed by atoms with Gasteiger partial charge in [-0.25, -0.2) is 13.4 Å². The van der Waals surface area contributed by atoms with Crippen LogP contribution in [0.3, 0.4) is 0 Å². The molecule has 0 saturated carbocycles. The van der Waals surface area contributed by atoms with E-state index in [2.05, 4.69) is 10.3 Å². The van der Waals surface area contributed by atoms with Gasteiger partial charge >= 0.3 is 0 Å². The minimum atomic E-state index is -4.05. The first-order valence-electron chi connectivity index (χ1n) is 13.0. The number of nitrogens with one attached hydrogen (secondary N) is 1. The van der Waals surface area contributed by atoms with Crippen LogP contribution in [0.2, 0.25) is 0 Å². The highest BCUT2D eigenvalue weighted by molar-refractivity contribution is 7.92. The number of para-hydroxylation sites is 2. The Morgan fingerprint density at radius 1 is 0.902 bits per heavy atom. The van der Waals surface area contributed by atoms with Crippen molar-refractivity contribution in [3.8, 4) is 11.4 Å². The molecule has 0 radical (unpaired) electrons. The lowest BCUT2D eigenvalue weighted by atomic mass is 10.1. The third kappa shape index (κ3) is 6.00. The predicted octanol–water partition coefficient (Wildman–Crippen LogP) is 5.51. The monoisotopic (exact) mass is 566 g/mol. The van der Waals surface area contributed by atoms with E-state index >= 15 is 0 Å². The number of sulfonamides is 1. The molecule has 0 fully saturated rings. The Hall–Kier alpha value is -4.89. The highest BCUT2D eigenvalue weighted by Gasteiger charge is 2.29. The van der Waals surface area contributed by atoms with Crippen LogP contribution in [0.15, 0.2) is 120 Å². The van der Waals surface area contributed by atoms with Crippen LogP contribution in [-0.4, -0.2) is 31.0 Å². The van der Waals surface area contributed by atoms with E-state index in [0.29, 0.717) is 5.75 Å². The Morgan fingerprint density at radius 3 is 2.29 bits per heavy atom. The van der Waals surface area contributed by atoms with Gasteiger partial charge in [-0.1, -0.05) is 60.7 Å². The summed E-state index contributed by atoms with van der Waals surface area (Å²) in [6.45, 7) is 2.20. The Kier molecular flexibility index (Phi) is 8.16. The van der Waals surface area contributed by atoms with Crippen LogP contribution in [0, 0.1) is 6.92 Å². The third-order valence-corrected chi connectivity index (χ3v) is 8.52. The van der Waals surface area contributed by atoms with Crippen molar-refractivity contribution in [2.45, 2.75) is 24.9 Å². The maximum Gasteiger partial charge on any atom is 0.264 e. The van der Waals surface area contributed by atoms with Gasteiger partial charge in [-0.3, -0.25) is 9.10 Å². The second-order valence-electron chi connectivity index (χ2n) is 9.35. The molecular weight excluding hydrogens is 536 g/mol. The summed E-state index contributed by atoms with van der Waals surface area (Å²) in [5, 5.41) is 2.99. The number of nitrogens with zero attached hydrogens (tertiary/aromatic N) is 3. The second kappa shape index (κ2) is 12.1. The number of aryl methyl sites for hydroxylation is 1. The largest absolute Gasteiger partial charge is 0.497 e. The summed E-state index contributed by atoms with van der Waals surface area (Å²) in [5.74, 6) is 0.986. The molecule has 1 amide bonds. The van der Waals surface area contributed by atoms with E-state index in [1.54, 1.807) is 42.6 Å². The standard InChI is InChI=1S/C32H30N4O4S/c1-24-33-20-21-35(24)30-14-8-6-12-26(30)22-34-32(37)29-13-7-9-15-31(29)36(23-25-10-4-3-5-11-25)41(38,39)28-18-16-27(40-2)17-19-28/h3-21H,22-23H2,1-2H3,(H,34,37). The van der Waals surface area contributed by atoms with Gasteiger partial charge in [0.2, 0.25) is 0 Å². The number of imidazole rings is 1. The van der Waals surface area contributed by atoms with Gasteiger partial charge in [0, 0.05) is 18.9 Å². The molecular formula is C32H30N4O4S. The lowest BCUT2D eigenvalue weighted by molar-refractivity contribution is 0.0951. The van der Waals surface area contributed by atoms with Crippen molar-refractivity contribution >= 4 is 21.6 Å². The van der Waals surface area contributed by atoms with Crippen LogP contribution in [-0.2, 0) is 23.1 Å². The van der Waals surface area contributed by atoms with E-state index in [4.69, 9.17) is 4.74 Å².